The second kappa shape index (κ2) is 7.79. The molecular formula is C17H24N4O2S. The number of carbonyl (C=O) groups is 2. The van der Waals surface area contributed by atoms with Crippen molar-refractivity contribution < 1.29 is 9.59 Å². The fourth-order valence-electron chi connectivity index (χ4n) is 2.94. The Balaban J connectivity index is 1.66. The quantitative estimate of drug-likeness (QED) is 0.882. The number of urea groups is 2. The van der Waals surface area contributed by atoms with Crippen LogP contribution in [0.4, 0.5) is 15.3 Å². The molecule has 24 heavy (non-hydrogen) atoms. The summed E-state index contributed by atoms with van der Waals surface area (Å²) < 4.78 is 0. The molecule has 4 amide bonds. The van der Waals surface area contributed by atoms with Crippen LogP contribution in [0.5, 0.6) is 0 Å². The molecule has 2 aliphatic heterocycles. The number of nitrogens with zero attached hydrogens (tertiary/aromatic N) is 2. The molecule has 0 unspecified atom stereocenters. The van der Waals surface area contributed by atoms with Gasteiger partial charge in [-0.1, -0.05) is 25.1 Å². The summed E-state index contributed by atoms with van der Waals surface area (Å²) in [5.74, 6) is 0.976. The minimum Gasteiger partial charge on any atom is -0.336 e. The van der Waals surface area contributed by atoms with Gasteiger partial charge in [-0.25, -0.2) is 9.59 Å². The lowest BCUT2D eigenvalue weighted by molar-refractivity contribution is 0.215. The molecule has 0 radical (unpaired) electrons. The van der Waals surface area contributed by atoms with E-state index in [4.69, 9.17) is 0 Å². The third-order valence-corrected chi connectivity index (χ3v) is 5.64. The van der Waals surface area contributed by atoms with Gasteiger partial charge in [-0.15, -0.1) is 0 Å². The number of benzene rings is 1. The van der Waals surface area contributed by atoms with Crippen molar-refractivity contribution in [1.82, 2.24) is 15.1 Å². The second-order valence-electron chi connectivity index (χ2n) is 6.20. The van der Waals surface area contributed by atoms with E-state index in [1.54, 1.807) is 4.90 Å². The highest BCUT2D eigenvalue weighted by atomic mass is 32.2. The van der Waals surface area contributed by atoms with Gasteiger partial charge in [0, 0.05) is 49.4 Å². The smallest absolute Gasteiger partial charge is 0.321 e. The minimum absolute atomic E-state index is 0.0466. The molecule has 1 aromatic rings. The first-order chi connectivity index (χ1) is 11.6. The fraction of sp³-hybridized carbons (Fsp3) is 0.529. The van der Waals surface area contributed by atoms with Gasteiger partial charge in [0.05, 0.1) is 0 Å². The van der Waals surface area contributed by atoms with Crippen LogP contribution in [0.3, 0.4) is 0 Å². The van der Waals surface area contributed by atoms with E-state index >= 15 is 0 Å². The van der Waals surface area contributed by atoms with Crippen molar-refractivity contribution in [1.29, 1.82) is 0 Å². The van der Waals surface area contributed by atoms with Crippen LogP contribution in [0.15, 0.2) is 24.3 Å². The molecule has 3 rings (SSSR count). The number of carbonyl (C=O) groups excluding carboxylic acids is 2. The Hall–Kier alpha value is -1.89. The number of amides is 4. The summed E-state index contributed by atoms with van der Waals surface area (Å²) in [5, 5.41) is 6.43. The molecule has 0 saturated carbocycles. The minimum atomic E-state index is -0.0528. The highest BCUT2D eigenvalue weighted by molar-refractivity contribution is 7.99. The van der Waals surface area contributed by atoms with Crippen LogP contribution in [0, 0.1) is 0 Å². The highest BCUT2D eigenvalue weighted by Crippen LogP contribution is 2.21. The van der Waals surface area contributed by atoms with Crippen LogP contribution in [0.2, 0.25) is 0 Å². The van der Waals surface area contributed by atoms with Crippen LogP contribution in [0.1, 0.15) is 18.9 Å². The van der Waals surface area contributed by atoms with Gasteiger partial charge in [0.15, 0.2) is 0 Å². The first-order valence-electron chi connectivity index (χ1n) is 8.41. The number of thioether (sulfide) groups is 1. The Morgan fingerprint density at radius 2 is 2.17 bits per heavy atom. The van der Waals surface area contributed by atoms with Gasteiger partial charge in [0.2, 0.25) is 0 Å². The van der Waals surface area contributed by atoms with Crippen LogP contribution in [-0.4, -0.2) is 59.0 Å². The fourth-order valence-corrected chi connectivity index (χ4v) is 3.94. The van der Waals surface area contributed by atoms with Gasteiger partial charge in [0.25, 0.3) is 0 Å². The first kappa shape index (κ1) is 17.0. The number of anilines is 1. The molecule has 0 aromatic heterocycles. The maximum atomic E-state index is 12.6. The number of para-hydroxylation sites is 1. The van der Waals surface area contributed by atoms with E-state index in [2.05, 4.69) is 17.6 Å². The summed E-state index contributed by atoms with van der Waals surface area (Å²) >= 11 is 1.92. The zero-order valence-electron chi connectivity index (χ0n) is 14.0. The number of hydrogen-bond acceptors (Lipinski definition) is 3. The molecule has 0 spiro atoms. The van der Waals surface area contributed by atoms with Crippen molar-refractivity contribution in [2.24, 2.45) is 0 Å². The van der Waals surface area contributed by atoms with E-state index < -0.39 is 0 Å². The van der Waals surface area contributed by atoms with Crippen molar-refractivity contribution in [2.75, 3.05) is 37.2 Å². The molecule has 1 aromatic carbocycles. The Kier molecular flexibility index (Phi) is 5.50. The molecule has 2 heterocycles. The zero-order valence-corrected chi connectivity index (χ0v) is 14.8. The molecule has 2 fully saturated rings. The lowest BCUT2D eigenvalue weighted by Gasteiger charge is -2.22. The first-order valence-corrected chi connectivity index (χ1v) is 9.46. The Labute approximate surface area is 146 Å². The summed E-state index contributed by atoms with van der Waals surface area (Å²) in [4.78, 5) is 28.0. The molecule has 2 N–H and O–H groups in total. The van der Waals surface area contributed by atoms with Crippen molar-refractivity contribution in [3.05, 3.63) is 29.8 Å². The van der Waals surface area contributed by atoms with Crippen molar-refractivity contribution in [3.63, 3.8) is 0 Å². The Morgan fingerprint density at radius 3 is 2.96 bits per heavy atom. The number of nitrogens with one attached hydrogen (secondary N) is 2. The monoisotopic (exact) mass is 348 g/mol. The zero-order chi connectivity index (χ0) is 16.9. The van der Waals surface area contributed by atoms with E-state index in [9.17, 15) is 9.59 Å². The lowest BCUT2D eigenvalue weighted by Crippen LogP contribution is -2.37. The third kappa shape index (κ3) is 4.14. The van der Waals surface area contributed by atoms with Gasteiger partial charge >= 0.3 is 12.1 Å². The van der Waals surface area contributed by atoms with E-state index in [0.29, 0.717) is 24.9 Å². The van der Waals surface area contributed by atoms with Crippen molar-refractivity contribution in [3.8, 4) is 0 Å². The van der Waals surface area contributed by atoms with E-state index in [1.807, 2.05) is 40.9 Å². The van der Waals surface area contributed by atoms with Crippen LogP contribution >= 0.6 is 11.8 Å². The highest BCUT2D eigenvalue weighted by Gasteiger charge is 2.22. The predicted molar refractivity (Wildman–Crippen MR) is 97.4 cm³/mol. The molecule has 7 heteroatoms. The maximum Gasteiger partial charge on any atom is 0.321 e. The van der Waals surface area contributed by atoms with Gasteiger partial charge in [-0.2, -0.15) is 11.8 Å². The average Bonchev–Trinajstić information content (AvgIpc) is 2.84. The van der Waals surface area contributed by atoms with Gasteiger partial charge < -0.3 is 20.4 Å². The largest absolute Gasteiger partial charge is 0.336 e. The van der Waals surface area contributed by atoms with Crippen molar-refractivity contribution >= 4 is 29.5 Å². The van der Waals surface area contributed by atoms with E-state index in [0.717, 1.165) is 36.5 Å². The molecule has 0 bridgehead atoms. The predicted octanol–water partition coefficient (Wildman–Crippen LogP) is 2.57. The van der Waals surface area contributed by atoms with Crippen LogP contribution in [0.25, 0.3) is 0 Å². The topological polar surface area (TPSA) is 64.7 Å². The van der Waals surface area contributed by atoms with Crippen molar-refractivity contribution in [2.45, 2.75) is 25.1 Å². The Morgan fingerprint density at radius 1 is 1.33 bits per heavy atom. The lowest BCUT2D eigenvalue weighted by atomic mass is 10.1. The molecule has 2 saturated heterocycles. The average molecular weight is 348 g/mol. The van der Waals surface area contributed by atoms with Crippen LogP contribution < -0.4 is 10.6 Å². The number of rotatable bonds is 3. The standard InChI is InChI=1S/C17H24N4O2S/c1-13-6-8-20(10-11-24-13)17(23)19-15-5-3-2-4-14(15)12-21-9-7-18-16(21)22/h2-5,13H,6-12H2,1H3,(H,18,22)(H,19,23)/t13-/m1/s1. The summed E-state index contributed by atoms with van der Waals surface area (Å²) in [7, 11) is 0. The molecule has 130 valence electrons. The van der Waals surface area contributed by atoms with Crippen LogP contribution in [-0.2, 0) is 6.54 Å². The van der Waals surface area contributed by atoms with Gasteiger partial charge in [-0.3, -0.25) is 0 Å². The van der Waals surface area contributed by atoms with E-state index in [-0.39, 0.29) is 12.1 Å². The number of hydrogen-bond donors (Lipinski definition) is 2. The normalized spacial score (nSPS) is 21.4. The molecule has 6 nitrogen and oxygen atoms in total. The summed E-state index contributed by atoms with van der Waals surface area (Å²) in [6, 6.07) is 7.60. The molecule has 0 aliphatic carbocycles. The van der Waals surface area contributed by atoms with Gasteiger partial charge in [-0.05, 0) is 18.1 Å². The molecule has 1 atom stereocenters. The third-order valence-electron chi connectivity index (χ3n) is 4.42. The summed E-state index contributed by atoms with van der Waals surface area (Å²) in [5.41, 5.74) is 1.74. The Bertz CT molecular complexity index is 610. The van der Waals surface area contributed by atoms with Gasteiger partial charge in [0.1, 0.15) is 0 Å². The summed E-state index contributed by atoms with van der Waals surface area (Å²) in [6.45, 7) is 5.66. The molecular weight excluding hydrogens is 324 g/mol. The maximum absolute atomic E-state index is 12.6. The van der Waals surface area contributed by atoms with E-state index in [1.165, 1.54) is 0 Å². The summed E-state index contributed by atoms with van der Waals surface area (Å²) in [6.07, 6.45) is 1.02. The molecule has 2 aliphatic rings. The SMILES string of the molecule is C[C@@H]1CCN(C(=O)Nc2ccccc2CN2CCNC2=O)CCS1. The second-order valence-corrected chi connectivity index (χ2v) is 7.74.